The second-order valence-corrected chi connectivity index (χ2v) is 4.69. The van der Waals surface area contributed by atoms with E-state index in [4.69, 9.17) is 9.47 Å². The molecule has 0 unspecified atom stereocenters. The third kappa shape index (κ3) is 11.3. The van der Waals surface area contributed by atoms with Gasteiger partial charge in [-0.3, -0.25) is 4.79 Å². The van der Waals surface area contributed by atoms with Crippen molar-refractivity contribution in [2.24, 2.45) is 5.41 Å². The Labute approximate surface area is 92.3 Å². The maximum atomic E-state index is 11.4. The first-order chi connectivity index (χ1) is 6.95. The fourth-order valence-electron chi connectivity index (χ4n) is 1.05. The Balaban J connectivity index is 3.32. The van der Waals surface area contributed by atoms with Crippen LogP contribution in [-0.4, -0.2) is 39.4 Å². The molecule has 0 aliphatic carbocycles. The van der Waals surface area contributed by atoms with Crippen molar-refractivity contribution in [3.05, 3.63) is 0 Å². The number of carbonyl (C=O) groups excluding carboxylic acids is 1. The van der Waals surface area contributed by atoms with Gasteiger partial charge in [0, 0.05) is 20.1 Å². The van der Waals surface area contributed by atoms with Gasteiger partial charge in [0.25, 0.3) is 0 Å². The van der Waals surface area contributed by atoms with Gasteiger partial charge in [-0.1, -0.05) is 20.8 Å². The van der Waals surface area contributed by atoms with Gasteiger partial charge in [-0.2, -0.15) is 0 Å². The normalized spacial score (nSPS) is 11.5. The number of ether oxygens (including phenoxy) is 2. The summed E-state index contributed by atoms with van der Waals surface area (Å²) in [6.45, 7) is 8.41. The maximum Gasteiger partial charge on any atom is 0.220 e. The number of carbonyl (C=O) groups is 1. The zero-order valence-corrected chi connectivity index (χ0v) is 10.3. The molecule has 0 saturated carbocycles. The van der Waals surface area contributed by atoms with Crippen LogP contribution in [0.15, 0.2) is 0 Å². The Morgan fingerprint density at radius 2 is 1.87 bits per heavy atom. The van der Waals surface area contributed by atoms with Crippen molar-refractivity contribution in [2.45, 2.75) is 27.2 Å². The van der Waals surface area contributed by atoms with Crippen molar-refractivity contribution in [2.75, 3.05) is 33.5 Å². The molecule has 0 aromatic heterocycles. The van der Waals surface area contributed by atoms with Gasteiger partial charge in [-0.05, 0) is 5.41 Å². The molecule has 0 heterocycles. The molecular weight excluding hydrogens is 194 g/mol. The minimum atomic E-state index is 0.0426. The van der Waals surface area contributed by atoms with E-state index in [1.807, 2.05) is 20.8 Å². The molecule has 0 spiro atoms. The van der Waals surface area contributed by atoms with Gasteiger partial charge in [0.2, 0.25) is 5.91 Å². The highest BCUT2D eigenvalue weighted by atomic mass is 16.5. The molecule has 90 valence electrons. The molecule has 0 aliphatic heterocycles. The maximum absolute atomic E-state index is 11.4. The number of rotatable bonds is 7. The minimum Gasteiger partial charge on any atom is -0.382 e. The van der Waals surface area contributed by atoms with Gasteiger partial charge in [0.1, 0.15) is 0 Å². The van der Waals surface area contributed by atoms with Crippen LogP contribution < -0.4 is 5.32 Å². The summed E-state index contributed by atoms with van der Waals surface area (Å²) in [5, 5.41) is 2.81. The first-order valence-corrected chi connectivity index (χ1v) is 5.29. The largest absolute Gasteiger partial charge is 0.382 e. The van der Waals surface area contributed by atoms with E-state index in [0.717, 1.165) is 0 Å². The summed E-state index contributed by atoms with van der Waals surface area (Å²) in [7, 11) is 1.63. The van der Waals surface area contributed by atoms with E-state index in [-0.39, 0.29) is 11.3 Å². The lowest BCUT2D eigenvalue weighted by molar-refractivity contribution is -0.123. The van der Waals surface area contributed by atoms with Crippen LogP contribution in [0.25, 0.3) is 0 Å². The van der Waals surface area contributed by atoms with E-state index >= 15 is 0 Å². The molecular formula is C11H23NO3. The second kappa shape index (κ2) is 7.65. The van der Waals surface area contributed by atoms with E-state index in [2.05, 4.69) is 5.32 Å². The van der Waals surface area contributed by atoms with Crippen LogP contribution in [0.5, 0.6) is 0 Å². The smallest absolute Gasteiger partial charge is 0.220 e. The van der Waals surface area contributed by atoms with E-state index in [1.54, 1.807) is 7.11 Å². The molecule has 0 rings (SSSR count). The second-order valence-electron chi connectivity index (χ2n) is 4.69. The average Bonchev–Trinajstić information content (AvgIpc) is 2.08. The summed E-state index contributed by atoms with van der Waals surface area (Å²) in [6.07, 6.45) is 0.547. The summed E-state index contributed by atoms with van der Waals surface area (Å²) in [6, 6.07) is 0. The minimum absolute atomic E-state index is 0.0426. The van der Waals surface area contributed by atoms with Crippen molar-refractivity contribution in [1.82, 2.24) is 5.32 Å². The van der Waals surface area contributed by atoms with E-state index in [1.165, 1.54) is 0 Å². The van der Waals surface area contributed by atoms with Crippen LogP contribution in [-0.2, 0) is 14.3 Å². The molecule has 0 radical (unpaired) electrons. The molecule has 0 aromatic rings. The number of hydrogen-bond acceptors (Lipinski definition) is 3. The highest BCUT2D eigenvalue weighted by molar-refractivity contribution is 5.76. The number of nitrogens with one attached hydrogen (secondary N) is 1. The molecule has 0 fully saturated rings. The highest BCUT2D eigenvalue weighted by Gasteiger charge is 2.14. The SMILES string of the molecule is COCCOCCNC(=O)CC(C)(C)C. The summed E-state index contributed by atoms with van der Waals surface area (Å²) >= 11 is 0. The standard InChI is InChI=1S/C11H23NO3/c1-11(2,3)9-10(13)12-5-6-15-8-7-14-4/h5-9H2,1-4H3,(H,12,13). The van der Waals surface area contributed by atoms with Crippen LogP contribution in [0.1, 0.15) is 27.2 Å². The van der Waals surface area contributed by atoms with Crippen molar-refractivity contribution in [1.29, 1.82) is 0 Å². The summed E-state index contributed by atoms with van der Waals surface area (Å²) in [4.78, 5) is 11.4. The summed E-state index contributed by atoms with van der Waals surface area (Å²) < 4.78 is 10.0. The molecule has 4 heteroatoms. The Hall–Kier alpha value is -0.610. The van der Waals surface area contributed by atoms with Gasteiger partial charge in [-0.15, -0.1) is 0 Å². The molecule has 0 bridgehead atoms. The summed E-state index contributed by atoms with van der Waals surface area (Å²) in [5.74, 6) is 0.0813. The van der Waals surface area contributed by atoms with Crippen molar-refractivity contribution >= 4 is 5.91 Å². The zero-order chi connectivity index (χ0) is 11.7. The monoisotopic (exact) mass is 217 g/mol. The molecule has 0 aromatic carbocycles. The quantitative estimate of drug-likeness (QED) is 0.652. The van der Waals surface area contributed by atoms with Gasteiger partial charge in [0.05, 0.1) is 19.8 Å². The molecule has 0 saturated heterocycles. The average molecular weight is 217 g/mol. The Kier molecular flexibility index (Phi) is 7.34. The zero-order valence-electron chi connectivity index (χ0n) is 10.3. The van der Waals surface area contributed by atoms with Gasteiger partial charge in [-0.25, -0.2) is 0 Å². The Bertz CT molecular complexity index is 175. The molecule has 0 aliphatic rings. The lowest BCUT2D eigenvalue weighted by Gasteiger charge is -2.17. The molecule has 0 atom stereocenters. The molecule has 1 amide bonds. The van der Waals surface area contributed by atoms with Crippen molar-refractivity contribution < 1.29 is 14.3 Å². The van der Waals surface area contributed by atoms with E-state index in [0.29, 0.717) is 32.8 Å². The Morgan fingerprint density at radius 3 is 2.40 bits per heavy atom. The topological polar surface area (TPSA) is 47.6 Å². The highest BCUT2D eigenvalue weighted by Crippen LogP contribution is 2.17. The Morgan fingerprint density at radius 1 is 1.20 bits per heavy atom. The lowest BCUT2D eigenvalue weighted by Crippen LogP contribution is -2.30. The number of amides is 1. The number of methoxy groups -OCH3 is 1. The predicted octanol–water partition coefficient (Wildman–Crippen LogP) is 1.20. The van der Waals surface area contributed by atoms with Gasteiger partial charge in [0.15, 0.2) is 0 Å². The van der Waals surface area contributed by atoms with Crippen LogP contribution in [0.2, 0.25) is 0 Å². The summed E-state index contributed by atoms with van der Waals surface area (Å²) in [5.41, 5.74) is 0.0426. The fraction of sp³-hybridized carbons (Fsp3) is 0.909. The van der Waals surface area contributed by atoms with Crippen LogP contribution in [0, 0.1) is 5.41 Å². The predicted molar refractivity (Wildman–Crippen MR) is 59.8 cm³/mol. The molecule has 1 N–H and O–H groups in total. The number of hydrogen-bond donors (Lipinski definition) is 1. The van der Waals surface area contributed by atoms with Crippen LogP contribution in [0.3, 0.4) is 0 Å². The van der Waals surface area contributed by atoms with Crippen LogP contribution >= 0.6 is 0 Å². The van der Waals surface area contributed by atoms with Crippen molar-refractivity contribution in [3.8, 4) is 0 Å². The third-order valence-corrected chi connectivity index (χ3v) is 1.69. The molecule has 15 heavy (non-hydrogen) atoms. The third-order valence-electron chi connectivity index (χ3n) is 1.69. The van der Waals surface area contributed by atoms with E-state index < -0.39 is 0 Å². The van der Waals surface area contributed by atoms with Gasteiger partial charge < -0.3 is 14.8 Å². The first kappa shape index (κ1) is 14.4. The van der Waals surface area contributed by atoms with E-state index in [9.17, 15) is 4.79 Å². The fourth-order valence-corrected chi connectivity index (χ4v) is 1.05. The first-order valence-electron chi connectivity index (χ1n) is 5.29. The molecule has 4 nitrogen and oxygen atoms in total. The lowest BCUT2D eigenvalue weighted by atomic mass is 9.92. The van der Waals surface area contributed by atoms with Crippen molar-refractivity contribution in [3.63, 3.8) is 0 Å². The van der Waals surface area contributed by atoms with Gasteiger partial charge >= 0.3 is 0 Å². The van der Waals surface area contributed by atoms with Crippen LogP contribution in [0.4, 0.5) is 0 Å².